The number of thiazole rings is 1. The fourth-order valence-corrected chi connectivity index (χ4v) is 3.35. The Morgan fingerprint density at radius 2 is 2.15 bits per heavy atom. The number of amides is 3. The van der Waals surface area contributed by atoms with Crippen LogP contribution in [0.1, 0.15) is 13.3 Å². The van der Waals surface area contributed by atoms with Crippen LogP contribution in [0.25, 0.3) is 10.2 Å². The van der Waals surface area contributed by atoms with Gasteiger partial charge in [-0.1, -0.05) is 30.8 Å². The first kappa shape index (κ1) is 14.8. The van der Waals surface area contributed by atoms with Crippen molar-refractivity contribution in [2.75, 3.05) is 12.3 Å². The molecule has 0 aliphatic heterocycles. The Bertz CT molecular complexity index is 579. The number of hydrogen-bond acceptors (Lipinski definition) is 5. The summed E-state index contributed by atoms with van der Waals surface area (Å²) in [5.41, 5.74) is 0.932. The number of nitrogens with zero attached hydrogens (tertiary/aromatic N) is 1. The molecule has 0 fully saturated rings. The summed E-state index contributed by atoms with van der Waals surface area (Å²) in [6.45, 7) is 2.51. The Labute approximate surface area is 125 Å². The summed E-state index contributed by atoms with van der Waals surface area (Å²) in [5.74, 6) is -0.137. The first-order valence-corrected chi connectivity index (χ1v) is 8.05. The summed E-state index contributed by atoms with van der Waals surface area (Å²) in [7, 11) is 0. The smallest absolute Gasteiger partial charge is 0.321 e. The maximum atomic E-state index is 11.6. The minimum absolute atomic E-state index is 0.180. The highest BCUT2D eigenvalue weighted by Gasteiger charge is 2.09. The van der Waals surface area contributed by atoms with Gasteiger partial charge < -0.3 is 5.32 Å². The summed E-state index contributed by atoms with van der Waals surface area (Å²) < 4.78 is 1.92. The van der Waals surface area contributed by atoms with Gasteiger partial charge in [0.2, 0.25) is 5.91 Å². The number of fused-ring (bicyclic) bond motifs is 1. The minimum Gasteiger partial charge on any atom is -0.338 e. The lowest BCUT2D eigenvalue weighted by molar-refractivity contribution is -0.117. The van der Waals surface area contributed by atoms with Crippen LogP contribution in [0, 0.1) is 0 Å². The van der Waals surface area contributed by atoms with Crippen molar-refractivity contribution in [3.63, 3.8) is 0 Å². The molecule has 2 aromatic rings. The van der Waals surface area contributed by atoms with Gasteiger partial charge in [0, 0.05) is 6.54 Å². The summed E-state index contributed by atoms with van der Waals surface area (Å²) >= 11 is 2.88. The summed E-state index contributed by atoms with van der Waals surface area (Å²) in [5, 5.41) is 4.88. The van der Waals surface area contributed by atoms with Gasteiger partial charge in [-0.25, -0.2) is 9.78 Å². The highest BCUT2D eigenvalue weighted by molar-refractivity contribution is 8.01. The molecule has 106 valence electrons. The van der Waals surface area contributed by atoms with Crippen LogP contribution in [-0.2, 0) is 4.79 Å². The second-order valence-corrected chi connectivity index (χ2v) is 6.29. The van der Waals surface area contributed by atoms with Crippen LogP contribution in [0.5, 0.6) is 0 Å². The van der Waals surface area contributed by atoms with Crippen LogP contribution in [0.2, 0.25) is 0 Å². The summed E-state index contributed by atoms with van der Waals surface area (Å²) in [4.78, 5) is 27.3. The van der Waals surface area contributed by atoms with Crippen LogP contribution in [-0.4, -0.2) is 29.2 Å². The number of nitrogens with one attached hydrogen (secondary N) is 2. The number of imide groups is 1. The van der Waals surface area contributed by atoms with Gasteiger partial charge in [-0.2, -0.15) is 0 Å². The molecule has 1 heterocycles. The monoisotopic (exact) mass is 309 g/mol. The number of rotatable bonds is 5. The standard InChI is InChI=1S/C13H15N3O2S2/c1-2-7-14-12(18)16-11(17)8-19-13-15-9-5-3-4-6-10(9)20-13/h3-6H,2,7-8H2,1H3,(H2,14,16,17,18). The SMILES string of the molecule is CCCNC(=O)NC(=O)CSc1nc2ccccc2s1. The molecule has 7 heteroatoms. The van der Waals surface area contributed by atoms with E-state index >= 15 is 0 Å². The van der Waals surface area contributed by atoms with E-state index in [-0.39, 0.29) is 11.7 Å². The number of carbonyl (C=O) groups excluding carboxylic acids is 2. The molecule has 0 atom stereocenters. The predicted molar refractivity (Wildman–Crippen MR) is 82.2 cm³/mol. The normalized spacial score (nSPS) is 10.4. The van der Waals surface area contributed by atoms with Crippen molar-refractivity contribution < 1.29 is 9.59 Å². The van der Waals surface area contributed by atoms with E-state index in [1.165, 1.54) is 11.8 Å². The molecular weight excluding hydrogens is 294 g/mol. The van der Waals surface area contributed by atoms with E-state index < -0.39 is 6.03 Å². The third kappa shape index (κ3) is 4.21. The van der Waals surface area contributed by atoms with Gasteiger partial charge in [0.05, 0.1) is 16.0 Å². The zero-order valence-electron chi connectivity index (χ0n) is 11.0. The van der Waals surface area contributed by atoms with Gasteiger partial charge in [0.1, 0.15) is 0 Å². The number of urea groups is 1. The van der Waals surface area contributed by atoms with Crippen molar-refractivity contribution in [2.24, 2.45) is 0 Å². The highest BCUT2D eigenvalue weighted by Crippen LogP contribution is 2.28. The van der Waals surface area contributed by atoms with E-state index in [0.29, 0.717) is 6.54 Å². The van der Waals surface area contributed by atoms with Crippen molar-refractivity contribution >= 4 is 45.3 Å². The molecular formula is C13H15N3O2S2. The van der Waals surface area contributed by atoms with Crippen LogP contribution in [0.3, 0.4) is 0 Å². The average Bonchev–Trinajstić information content (AvgIpc) is 2.85. The molecule has 20 heavy (non-hydrogen) atoms. The minimum atomic E-state index is -0.443. The molecule has 0 aliphatic rings. The van der Waals surface area contributed by atoms with E-state index in [4.69, 9.17) is 0 Å². The quantitative estimate of drug-likeness (QED) is 0.833. The number of carbonyl (C=O) groups is 2. The number of hydrogen-bond donors (Lipinski definition) is 2. The molecule has 0 radical (unpaired) electrons. The van der Waals surface area contributed by atoms with Gasteiger partial charge in [0.15, 0.2) is 4.34 Å². The molecule has 5 nitrogen and oxygen atoms in total. The topological polar surface area (TPSA) is 71.1 Å². The Kier molecular flexibility index (Phi) is 5.37. The lowest BCUT2D eigenvalue weighted by atomic mass is 10.3. The van der Waals surface area contributed by atoms with Crippen LogP contribution < -0.4 is 10.6 Å². The Morgan fingerprint density at radius 1 is 1.35 bits per heavy atom. The Morgan fingerprint density at radius 3 is 2.90 bits per heavy atom. The number of thioether (sulfide) groups is 1. The third-order valence-electron chi connectivity index (χ3n) is 2.39. The zero-order valence-corrected chi connectivity index (χ0v) is 12.6. The van der Waals surface area contributed by atoms with Crippen molar-refractivity contribution in [2.45, 2.75) is 17.7 Å². The summed E-state index contributed by atoms with van der Waals surface area (Å²) in [6.07, 6.45) is 0.835. The average molecular weight is 309 g/mol. The first-order chi connectivity index (χ1) is 9.69. The Hall–Kier alpha value is -1.60. The van der Waals surface area contributed by atoms with Crippen molar-refractivity contribution in [1.29, 1.82) is 0 Å². The molecule has 0 spiro atoms. The lowest BCUT2D eigenvalue weighted by Gasteiger charge is -2.04. The summed E-state index contributed by atoms with van der Waals surface area (Å²) in [6, 6.07) is 7.38. The van der Waals surface area contributed by atoms with Gasteiger partial charge >= 0.3 is 6.03 Å². The maximum Gasteiger partial charge on any atom is 0.321 e. The van der Waals surface area contributed by atoms with Crippen molar-refractivity contribution in [1.82, 2.24) is 15.6 Å². The van der Waals surface area contributed by atoms with Gasteiger partial charge in [-0.3, -0.25) is 10.1 Å². The molecule has 2 rings (SSSR count). The number of aromatic nitrogens is 1. The second-order valence-electron chi connectivity index (χ2n) is 4.04. The molecule has 0 aliphatic carbocycles. The number of para-hydroxylation sites is 1. The molecule has 0 unspecified atom stereocenters. The Balaban J connectivity index is 1.82. The van der Waals surface area contributed by atoms with Crippen LogP contribution in [0.15, 0.2) is 28.6 Å². The van der Waals surface area contributed by atoms with E-state index in [9.17, 15) is 9.59 Å². The van der Waals surface area contributed by atoms with Gasteiger partial charge in [-0.05, 0) is 18.6 Å². The second kappa shape index (κ2) is 7.25. The molecule has 1 aromatic heterocycles. The molecule has 0 bridgehead atoms. The lowest BCUT2D eigenvalue weighted by Crippen LogP contribution is -2.40. The largest absolute Gasteiger partial charge is 0.338 e. The molecule has 2 N–H and O–H groups in total. The van der Waals surface area contributed by atoms with Crippen molar-refractivity contribution in [3.05, 3.63) is 24.3 Å². The van der Waals surface area contributed by atoms with Crippen molar-refractivity contribution in [3.8, 4) is 0 Å². The molecule has 0 saturated heterocycles. The fraction of sp³-hybridized carbons (Fsp3) is 0.308. The van der Waals surface area contributed by atoms with E-state index in [0.717, 1.165) is 21.0 Å². The fourth-order valence-electron chi connectivity index (χ4n) is 1.49. The van der Waals surface area contributed by atoms with Crippen LogP contribution in [0.4, 0.5) is 4.79 Å². The highest BCUT2D eigenvalue weighted by atomic mass is 32.2. The number of benzene rings is 1. The van der Waals surface area contributed by atoms with E-state index in [1.807, 2.05) is 31.2 Å². The maximum absolute atomic E-state index is 11.6. The van der Waals surface area contributed by atoms with E-state index in [1.54, 1.807) is 11.3 Å². The first-order valence-electron chi connectivity index (χ1n) is 6.25. The van der Waals surface area contributed by atoms with Gasteiger partial charge in [0.25, 0.3) is 0 Å². The van der Waals surface area contributed by atoms with Gasteiger partial charge in [-0.15, -0.1) is 11.3 Å². The predicted octanol–water partition coefficient (Wildman–Crippen LogP) is 2.62. The molecule has 3 amide bonds. The zero-order chi connectivity index (χ0) is 14.4. The van der Waals surface area contributed by atoms with Crippen LogP contribution >= 0.6 is 23.1 Å². The van der Waals surface area contributed by atoms with E-state index in [2.05, 4.69) is 15.6 Å². The molecule has 1 aromatic carbocycles. The molecule has 0 saturated carbocycles. The third-order valence-corrected chi connectivity index (χ3v) is 4.57.